The molecule has 0 aromatic heterocycles. The first-order valence-electron chi connectivity index (χ1n) is 5.72. The maximum atomic E-state index is 12.1. The molecule has 0 fully saturated rings. The summed E-state index contributed by atoms with van der Waals surface area (Å²) in [6, 6.07) is 5.21. The first kappa shape index (κ1) is 12.4. The molecule has 0 bridgehead atoms. The highest BCUT2D eigenvalue weighted by Crippen LogP contribution is 2.32. The maximum absolute atomic E-state index is 12.1. The van der Waals surface area contributed by atoms with Gasteiger partial charge in [0.2, 0.25) is 5.91 Å². The number of amides is 1. The summed E-state index contributed by atoms with van der Waals surface area (Å²) in [7, 11) is 1.32. The van der Waals surface area contributed by atoms with Crippen LogP contribution in [0.3, 0.4) is 0 Å². The van der Waals surface area contributed by atoms with Gasteiger partial charge in [0, 0.05) is 6.54 Å². The monoisotopic (exact) mass is 248 g/mol. The van der Waals surface area contributed by atoms with Gasteiger partial charge in [0.05, 0.1) is 29.5 Å². The average Bonchev–Trinajstić information content (AvgIpc) is 2.46. The Balaban J connectivity index is 2.49. The molecule has 1 heterocycles. The van der Waals surface area contributed by atoms with Crippen LogP contribution in [0.1, 0.15) is 24.2 Å². The molecular weight excluding hydrogens is 232 g/mol. The van der Waals surface area contributed by atoms with Crippen molar-refractivity contribution in [2.45, 2.75) is 13.8 Å². The van der Waals surface area contributed by atoms with Crippen molar-refractivity contribution in [1.82, 2.24) is 0 Å². The van der Waals surface area contributed by atoms with Crippen LogP contribution < -0.4 is 10.6 Å². The molecule has 1 aliphatic heterocycles. The molecule has 1 aliphatic rings. The van der Waals surface area contributed by atoms with Gasteiger partial charge in [-0.25, -0.2) is 4.79 Å². The topological polar surface area (TPSA) is 67.4 Å². The standard InChI is InChI=1S/C13H16N2O3/c1-13(2)7-14-9-6-4-5-8(11(16)18-3)10(9)15-12(13)17/h4-6,14H,7H2,1-3H3,(H,15,17). The molecule has 1 aromatic carbocycles. The van der Waals surface area contributed by atoms with Crippen LogP contribution >= 0.6 is 0 Å². The Hall–Kier alpha value is -2.04. The van der Waals surface area contributed by atoms with E-state index < -0.39 is 11.4 Å². The Morgan fingerprint density at radius 2 is 2.11 bits per heavy atom. The van der Waals surface area contributed by atoms with Crippen molar-refractivity contribution in [3.63, 3.8) is 0 Å². The number of carbonyl (C=O) groups excluding carboxylic acids is 2. The minimum Gasteiger partial charge on any atom is -0.465 e. The molecule has 2 N–H and O–H groups in total. The van der Waals surface area contributed by atoms with E-state index in [9.17, 15) is 9.59 Å². The summed E-state index contributed by atoms with van der Waals surface area (Å²) in [5.41, 5.74) is 1.04. The number of esters is 1. The summed E-state index contributed by atoms with van der Waals surface area (Å²) in [5.74, 6) is -0.584. The number of ether oxygens (including phenoxy) is 1. The van der Waals surface area contributed by atoms with Gasteiger partial charge in [-0.2, -0.15) is 0 Å². The highest BCUT2D eigenvalue weighted by atomic mass is 16.5. The number of hydrogen-bond donors (Lipinski definition) is 2. The Kier molecular flexibility index (Phi) is 2.98. The van der Waals surface area contributed by atoms with E-state index in [1.165, 1.54) is 7.11 Å². The zero-order valence-corrected chi connectivity index (χ0v) is 10.7. The third-order valence-corrected chi connectivity index (χ3v) is 3.04. The number of hydrogen-bond acceptors (Lipinski definition) is 4. The lowest BCUT2D eigenvalue weighted by molar-refractivity contribution is -0.123. The van der Waals surface area contributed by atoms with Crippen LogP contribution in [-0.2, 0) is 9.53 Å². The molecule has 1 amide bonds. The van der Waals surface area contributed by atoms with Crippen LogP contribution in [0.2, 0.25) is 0 Å². The van der Waals surface area contributed by atoms with Crippen LogP contribution in [0.4, 0.5) is 11.4 Å². The van der Waals surface area contributed by atoms with Gasteiger partial charge in [-0.05, 0) is 26.0 Å². The fraction of sp³-hybridized carbons (Fsp3) is 0.385. The van der Waals surface area contributed by atoms with E-state index in [-0.39, 0.29) is 5.91 Å². The summed E-state index contributed by atoms with van der Waals surface area (Å²) in [6.07, 6.45) is 0. The maximum Gasteiger partial charge on any atom is 0.340 e. The highest BCUT2D eigenvalue weighted by Gasteiger charge is 2.32. The lowest BCUT2D eigenvalue weighted by Gasteiger charge is -2.19. The largest absolute Gasteiger partial charge is 0.465 e. The first-order valence-corrected chi connectivity index (χ1v) is 5.72. The molecule has 5 nitrogen and oxygen atoms in total. The van der Waals surface area contributed by atoms with E-state index >= 15 is 0 Å². The number of fused-ring (bicyclic) bond motifs is 1. The molecule has 0 unspecified atom stereocenters. The van der Waals surface area contributed by atoms with Crippen molar-refractivity contribution in [3.8, 4) is 0 Å². The van der Waals surface area contributed by atoms with Crippen molar-refractivity contribution < 1.29 is 14.3 Å². The second kappa shape index (κ2) is 4.33. The van der Waals surface area contributed by atoms with E-state index in [0.29, 0.717) is 17.8 Å². The van der Waals surface area contributed by atoms with Gasteiger partial charge in [0.25, 0.3) is 0 Å². The van der Waals surface area contributed by atoms with Gasteiger partial charge in [-0.1, -0.05) is 6.07 Å². The zero-order chi connectivity index (χ0) is 13.3. The van der Waals surface area contributed by atoms with E-state index in [0.717, 1.165) is 5.69 Å². The third kappa shape index (κ3) is 2.03. The molecular formula is C13H16N2O3. The predicted octanol–water partition coefficient (Wildman–Crippen LogP) is 1.86. The van der Waals surface area contributed by atoms with Gasteiger partial charge in [0.15, 0.2) is 0 Å². The van der Waals surface area contributed by atoms with Gasteiger partial charge in [0.1, 0.15) is 0 Å². The molecule has 1 aromatic rings. The number of anilines is 2. The SMILES string of the molecule is COC(=O)c1cccc2c1NC(=O)C(C)(C)CN2. The van der Waals surface area contributed by atoms with Gasteiger partial charge >= 0.3 is 5.97 Å². The number of nitrogens with one attached hydrogen (secondary N) is 2. The molecule has 5 heteroatoms. The van der Waals surface area contributed by atoms with E-state index in [4.69, 9.17) is 4.74 Å². The average molecular weight is 248 g/mol. The predicted molar refractivity (Wildman–Crippen MR) is 68.7 cm³/mol. The number of methoxy groups -OCH3 is 1. The van der Waals surface area contributed by atoms with Gasteiger partial charge in [-0.15, -0.1) is 0 Å². The number of rotatable bonds is 1. The van der Waals surface area contributed by atoms with Crippen LogP contribution in [0.25, 0.3) is 0 Å². The number of para-hydroxylation sites is 1. The molecule has 18 heavy (non-hydrogen) atoms. The fourth-order valence-corrected chi connectivity index (χ4v) is 1.79. The van der Waals surface area contributed by atoms with Crippen LogP contribution in [0.5, 0.6) is 0 Å². The summed E-state index contributed by atoms with van der Waals surface area (Å²) in [6.45, 7) is 4.20. The molecule has 0 radical (unpaired) electrons. The Bertz CT molecular complexity index is 509. The molecule has 2 rings (SSSR count). The molecule has 0 saturated heterocycles. The Labute approximate surface area is 106 Å². The van der Waals surface area contributed by atoms with Crippen molar-refractivity contribution in [1.29, 1.82) is 0 Å². The summed E-state index contributed by atoms with van der Waals surface area (Å²) in [5, 5.41) is 5.97. The van der Waals surface area contributed by atoms with E-state index in [1.54, 1.807) is 12.1 Å². The molecule has 0 aliphatic carbocycles. The molecule has 96 valence electrons. The zero-order valence-electron chi connectivity index (χ0n) is 10.7. The summed E-state index contributed by atoms with van der Waals surface area (Å²) in [4.78, 5) is 23.7. The van der Waals surface area contributed by atoms with Gasteiger partial charge in [-0.3, -0.25) is 4.79 Å². The Morgan fingerprint density at radius 3 is 2.78 bits per heavy atom. The second-order valence-electron chi connectivity index (χ2n) is 4.91. The van der Waals surface area contributed by atoms with Crippen LogP contribution in [-0.4, -0.2) is 25.5 Å². The second-order valence-corrected chi connectivity index (χ2v) is 4.91. The van der Waals surface area contributed by atoms with Crippen molar-refractivity contribution in [3.05, 3.63) is 23.8 Å². The van der Waals surface area contributed by atoms with Crippen molar-refractivity contribution in [2.24, 2.45) is 5.41 Å². The highest BCUT2D eigenvalue weighted by molar-refractivity contribution is 6.07. The third-order valence-electron chi connectivity index (χ3n) is 3.04. The summed E-state index contributed by atoms with van der Waals surface area (Å²) < 4.78 is 4.71. The van der Waals surface area contributed by atoms with Crippen molar-refractivity contribution in [2.75, 3.05) is 24.3 Å². The lowest BCUT2D eigenvalue weighted by atomic mass is 9.93. The minimum atomic E-state index is -0.535. The lowest BCUT2D eigenvalue weighted by Crippen LogP contribution is -2.34. The minimum absolute atomic E-state index is 0.120. The normalized spacial score (nSPS) is 16.9. The Morgan fingerprint density at radius 1 is 1.39 bits per heavy atom. The summed E-state index contributed by atoms with van der Waals surface area (Å²) >= 11 is 0. The van der Waals surface area contributed by atoms with Crippen LogP contribution in [0, 0.1) is 5.41 Å². The van der Waals surface area contributed by atoms with E-state index in [2.05, 4.69) is 10.6 Å². The van der Waals surface area contributed by atoms with Crippen molar-refractivity contribution >= 4 is 23.3 Å². The number of carbonyl (C=O) groups is 2. The number of benzene rings is 1. The molecule has 0 atom stereocenters. The van der Waals surface area contributed by atoms with E-state index in [1.807, 2.05) is 19.9 Å². The first-order chi connectivity index (χ1) is 8.45. The molecule has 0 saturated carbocycles. The van der Waals surface area contributed by atoms with Crippen LogP contribution in [0.15, 0.2) is 18.2 Å². The molecule has 0 spiro atoms. The smallest absolute Gasteiger partial charge is 0.340 e. The van der Waals surface area contributed by atoms with Gasteiger partial charge < -0.3 is 15.4 Å². The quantitative estimate of drug-likeness (QED) is 0.744. The fourth-order valence-electron chi connectivity index (χ4n) is 1.79.